The fourth-order valence-corrected chi connectivity index (χ4v) is 4.83. The van der Waals surface area contributed by atoms with Gasteiger partial charge in [0.2, 0.25) is 5.91 Å². The number of ether oxygens (including phenoxy) is 2. The number of carbonyl (C=O) groups excluding carboxylic acids is 3. The van der Waals surface area contributed by atoms with Gasteiger partial charge in [-0.05, 0) is 76.4 Å². The highest BCUT2D eigenvalue weighted by molar-refractivity contribution is 5.99. The summed E-state index contributed by atoms with van der Waals surface area (Å²) < 4.78 is 10.8. The molecule has 0 aromatic heterocycles. The lowest BCUT2D eigenvalue weighted by Gasteiger charge is -2.34. The summed E-state index contributed by atoms with van der Waals surface area (Å²) in [5, 5.41) is 5.78. The van der Waals surface area contributed by atoms with Crippen LogP contribution in [0.3, 0.4) is 0 Å². The van der Waals surface area contributed by atoms with Crippen LogP contribution >= 0.6 is 0 Å². The van der Waals surface area contributed by atoms with Crippen molar-refractivity contribution in [1.82, 2.24) is 10.2 Å². The van der Waals surface area contributed by atoms with Gasteiger partial charge >= 0.3 is 6.09 Å². The van der Waals surface area contributed by atoms with Gasteiger partial charge in [0.1, 0.15) is 23.4 Å². The summed E-state index contributed by atoms with van der Waals surface area (Å²) in [6.07, 6.45) is 0.144. The van der Waals surface area contributed by atoms with Crippen molar-refractivity contribution in [1.29, 1.82) is 0 Å². The van der Waals surface area contributed by atoms with Gasteiger partial charge in [-0.15, -0.1) is 0 Å². The highest BCUT2D eigenvalue weighted by Gasteiger charge is 2.36. The summed E-state index contributed by atoms with van der Waals surface area (Å²) in [4.78, 5) is 43.0. The number of methoxy groups -OCH3 is 1. The summed E-state index contributed by atoms with van der Waals surface area (Å²) in [6, 6.07) is 20.5. The molecule has 8 nitrogen and oxygen atoms in total. The number of carbonyl (C=O) groups is 3. The molecule has 8 heteroatoms. The first kappa shape index (κ1) is 32.2. The van der Waals surface area contributed by atoms with Crippen LogP contribution in [0, 0.1) is 13.8 Å². The minimum Gasteiger partial charge on any atom is -0.497 e. The van der Waals surface area contributed by atoms with Crippen molar-refractivity contribution in [2.75, 3.05) is 19.0 Å². The Morgan fingerprint density at radius 2 is 1.52 bits per heavy atom. The Balaban J connectivity index is 2.05. The molecule has 0 radical (unpaired) electrons. The zero-order valence-electron chi connectivity index (χ0n) is 25.7. The van der Waals surface area contributed by atoms with Gasteiger partial charge in [-0.2, -0.15) is 0 Å². The third-order valence-corrected chi connectivity index (χ3v) is 6.50. The molecule has 0 aliphatic carbocycles. The van der Waals surface area contributed by atoms with E-state index in [2.05, 4.69) is 10.6 Å². The maximum atomic E-state index is 14.4. The number of rotatable bonds is 11. The molecule has 3 amide bonds. The summed E-state index contributed by atoms with van der Waals surface area (Å²) in [5.74, 6) is -0.0677. The van der Waals surface area contributed by atoms with Crippen LogP contribution in [0.4, 0.5) is 10.5 Å². The molecule has 0 aliphatic heterocycles. The lowest BCUT2D eigenvalue weighted by Crippen LogP contribution is -2.53. The standard InChI is InChI=1S/C34H43N3O5/c1-8-18-37(32(39)29(22-25-12-10-9-11-13-25)36-33(40)42-34(4,5)6)30(26-20-23(2)19-24(3)21-26)31(38)35-27-14-16-28(41-7)17-15-27/h9-17,19-21,29-30H,8,18,22H2,1-7H3,(H,35,38)(H,36,40). The van der Waals surface area contributed by atoms with E-state index in [4.69, 9.17) is 9.47 Å². The molecule has 2 unspecified atom stereocenters. The van der Waals surface area contributed by atoms with Gasteiger partial charge in [0.15, 0.2) is 0 Å². The number of alkyl carbamates (subject to hydrolysis) is 1. The first-order valence-corrected chi connectivity index (χ1v) is 14.3. The Morgan fingerprint density at radius 3 is 2.07 bits per heavy atom. The molecule has 3 aromatic carbocycles. The largest absolute Gasteiger partial charge is 0.497 e. The zero-order valence-corrected chi connectivity index (χ0v) is 25.7. The number of nitrogens with one attached hydrogen (secondary N) is 2. The number of amides is 3. The van der Waals surface area contributed by atoms with E-state index in [-0.39, 0.29) is 18.2 Å². The summed E-state index contributed by atoms with van der Waals surface area (Å²) >= 11 is 0. The molecule has 42 heavy (non-hydrogen) atoms. The number of benzene rings is 3. The predicted octanol–water partition coefficient (Wildman–Crippen LogP) is 6.37. The van der Waals surface area contributed by atoms with Gasteiger partial charge in [0, 0.05) is 18.7 Å². The lowest BCUT2D eigenvalue weighted by atomic mass is 9.97. The highest BCUT2D eigenvalue weighted by Crippen LogP contribution is 2.27. The van der Waals surface area contributed by atoms with Crippen molar-refractivity contribution in [3.8, 4) is 5.75 Å². The van der Waals surface area contributed by atoms with E-state index in [1.54, 1.807) is 57.0 Å². The number of hydrogen-bond acceptors (Lipinski definition) is 5. The molecule has 3 rings (SSSR count). The molecule has 2 N–H and O–H groups in total. The van der Waals surface area contributed by atoms with E-state index in [0.717, 1.165) is 16.7 Å². The van der Waals surface area contributed by atoms with Crippen LogP contribution in [0.2, 0.25) is 0 Å². The monoisotopic (exact) mass is 573 g/mol. The second kappa shape index (κ2) is 14.5. The van der Waals surface area contributed by atoms with Crippen molar-refractivity contribution >= 4 is 23.6 Å². The highest BCUT2D eigenvalue weighted by atomic mass is 16.6. The fourth-order valence-electron chi connectivity index (χ4n) is 4.83. The van der Waals surface area contributed by atoms with E-state index in [9.17, 15) is 14.4 Å². The van der Waals surface area contributed by atoms with Gasteiger partial charge in [-0.3, -0.25) is 9.59 Å². The molecule has 0 aliphatic rings. The Hall–Kier alpha value is -4.33. The van der Waals surface area contributed by atoms with Crippen molar-refractivity contribution in [2.24, 2.45) is 0 Å². The molecule has 0 heterocycles. The van der Waals surface area contributed by atoms with Gasteiger partial charge in [-0.1, -0.05) is 66.6 Å². The SMILES string of the molecule is CCCN(C(=O)C(Cc1ccccc1)NC(=O)OC(C)(C)C)C(C(=O)Nc1ccc(OC)cc1)c1cc(C)cc(C)c1. The maximum Gasteiger partial charge on any atom is 0.408 e. The van der Waals surface area contributed by atoms with Crippen molar-refractivity contribution in [2.45, 2.75) is 72.1 Å². The molecular formula is C34H43N3O5. The van der Waals surface area contributed by atoms with Crippen LogP contribution in [0.15, 0.2) is 72.8 Å². The summed E-state index contributed by atoms with van der Waals surface area (Å²) in [7, 11) is 1.58. The molecule has 0 saturated heterocycles. The number of aryl methyl sites for hydroxylation is 2. The van der Waals surface area contributed by atoms with E-state index in [0.29, 0.717) is 30.0 Å². The lowest BCUT2D eigenvalue weighted by molar-refractivity contribution is -0.140. The molecule has 224 valence electrons. The Morgan fingerprint density at radius 1 is 0.905 bits per heavy atom. The maximum absolute atomic E-state index is 14.4. The third kappa shape index (κ3) is 9.36. The molecule has 0 saturated carbocycles. The molecule has 2 atom stereocenters. The molecule has 3 aromatic rings. The minimum atomic E-state index is -0.962. The summed E-state index contributed by atoms with van der Waals surface area (Å²) in [6.45, 7) is 11.5. The normalized spacial score (nSPS) is 12.5. The van der Waals surface area contributed by atoms with Gasteiger partial charge in [-0.25, -0.2) is 4.79 Å². The second-order valence-electron chi connectivity index (χ2n) is 11.5. The van der Waals surface area contributed by atoms with Crippen molar-refractivity contribution in [3.63, 3.8) is 0 Å². The van der Waals surface area contributed by atoms with Crippen LogP contribution < -0.4 is 15.4 Å². The molecule has 0 fully saturated rings. The van der Waals surface area contributed by atoms with Crippen LogP contribution in [0.25, 0.3) is 0 Å². The van der Waals surface area contributed by atoms with Crippen molar-refractivity contribution in [3.05, 3.63) is 95.1 Å². The van der Waals surface area contributed by atoms with E-state index in [1.807, 2.05) is 69.3 Å². The fraction of sp³-hybridized carbons (Fsp3) is 0.382. The van der Waals surface area contributed by atoms with Gasteiger partial charge in [0.05, 0.1) is 7.11 Å². The van der Waals surface area contributed by atoms with Gasteiger partial charge < -0.3 is 25.0 Å². The summed E-state index contributed by atoms with van der Waals surface area (Å²) in [5.41, 5.74) is 3.34. The minimum absolute atomic E-state index is 0.235. The average Bonchev–Trinajstić information content (AvgIpc) is 2.91. The van der Waals surface area contributed by atoms with Crippen LogP contribution in [0.5, 0.6) is 5.75 Å². The van der Waals surface area contributed by atoms with Crippen LogP contribution in [-0.2, 0) is 20.7 Å². The van der Waals surface area contributed by atoms with Crippen molar-refractivity contribution < 1.29 is 23.9 Å². The molecule has 0 bridgehead atoms. The average molecular weight is 574 g/mol. The molecule has 0 spiro atoms. The van der Waals surface area contributed by atoms with Crippen LogP contribution in [0.1, 0.15) is 62.4 Å². The van der Waals surface area contributed by atoms with Crippen LogP contribution in [-0.4, -0.2) is 48.1 Å². The Bertz CT molecular complexity index is 1330. The zero-order chi connectivity index (χ0) is 30.9. The quantitative estimate of drug-likeness (QED) is 0.278. The Kier molecular flexibility index (Phi) is 11.1. The first-order chi connectivity index (χ1) is 19.9. The molecular weight excluding hydrogens is 530 g/mol. The topological polar surface area (TPSA) is 97.0 Å². The van der Waals surface area contributed by atoms with E-state index in [1.165, 1.54) is 0 Å². The Labute approximate surface area is 249 Å². The number of hydrogen-bond donors (Lipinski definition) is 2. The number of anilines is 1. The smallest absolute Gasteiger partial charge is 0.408 e. The van der Waals surface area contributed by atoms with Gasteiger partial charge in [0.25, 0.3) is 5.91 Å². The van der Waals surface area contributed by atoms with E-state index < -0.39 is 23.8 Å². The van der Waals surface area contributed by atoms with E-state index >= 15 is 0 Å². The third-order valence-electron chi connectivity index (χ3n) is 6.50. The predicted molar refractivity (Wildman–Crippen MR) is 166 cm³/mol. The number of nitrogens with zero attached hydrogens (tertiary/aromatic N) is 1. The second-order valence-corrected chi connectivity index (χ2v) is 11.5. The first-order valence-electron chi connectivity index (χ1n) is 14.3.